The van der Waals surface area contributed by atoms with Crippen LogP contribution in [0.4, 0.5) is 0 Å². The lowest BCUT2D eigenvalue weighted by atomic mass is 10.0. The average molecular weight is 399 g/mol. The van der Waals surface area contributed by atoms with E-state index in [1.807, 2.05) is 42.1 Å². The van der Waals surface area contributed by atoms with Gasteiger partial charge in [-0.2, -0.15) is 11.8 Å². The van der Waals surface area contributed by atoms with Gasteiger partial charge in [0.2, 0.25) is 5.75 Å². The lowest BCUT2D eigenvalue weighted by Gasteiger charge is -2.27. The van der Waals surface area contributed by atoms with Crippen LogP contribution in [0, 0.1) is 0 Å². The number of nitrogens with zero attached hydrogens (tertiary/aromatic N) is 1. The summed E-state index contributed by atoms with van der Waals surface area (Å²) in [6, 6.07) is 10.5. The molecule has 4 rings (SSSR count). The van der Waals surface area contributed by atoms with Crippen molar-refractivity contribution in [2.75, 3.05) is 31.7 Å². The lowest BCUT2D eigenvalue weighted by Crippen LogP contribution is -2.32. The molecule has 1 aromatic heterocycles. The van der Waals surface area contributed by atoms with Gasteiger partial charge in [0.25, 0.3) is 0 Å². The number of thioether (sulfide) groups is 1. The summed E-state index contributed by atoms with van der Waals surface area (Å²) in [5, 5.41) is 21.6. The van der Waals surface area contributed by atoms with E-state index in [0.29, 0.717) is 12.3 Å². The molecule has 0 unspecified atom stereocenters. The van der Waals surface area contributed by atoms with E-state index in [9.17, 15) is 15.0 Å². The van der Waals surface area contributed by atoms with Crippen molar-refractivity contribution in [1.29, 1.82) is 0 Å². The second kappa shape index (κ2) is 7.77. The van der Waals surface area contributed by atoms with Gasteiger partial charge in [-0.05, 0) is 0 Å². The van der Waals surface area contributed by atoms with E-state index in [2.05, 4.69) is 4.90 Å². The predicted molar refractivity (Wildman–Crippen MR) is 110 cm³/mol. The second-order valence-electron chi connectivity index (χ2n) is 6.64. The van der Waals surface area contributed by atoms with Gasteiger partial charge in [0.1, 0.15) is 16.9 Å². The van der Waals surface area contributed by atoms with Gasteiger partial charge in [-0.15, -0.1) is 0 Å². The Kier molecular flexibility index (Phi) is 5.19. The fraction of sp³-hybridized carbons (Fsp3) is 0.286. The first kappa shape index (κ1) is 18.7. The highest BCUT2D eigenvalue weighted by molar-refractivity contribution is 7.99. The maximum atomic E-state index is 12.8. The number of hydrogen-bond donors (Lipinski definition) is 2. The summed E-state index contributed by atoms with van der Waals surface area (Å²) in [5.74, 6) is 1.95. The summed E-state index contributed by atoms with van der Waals surface area (Å²) in [6.07, 6.45) is 0. The van der Waals surface area contributed by atoms with Crippen LogP contribution in [-0.2, 0) is 6.54 Å². The number of aromatic hydroxyl groups is 2. The molecule has 6 nitrogen and oxygen atoms in total. The molecule has 1 aliphatic heterocycles. The molecule has 0 atom stereocenters. The fourth-order valence-corrected chi connectivity index (χ4v) is 4.43. The van der Waals surface area contributed by atoms with Crippen molar-refractivity contribution in [3.05, 3.63) is 52.2 Å². The van der Waals surface area contributed by atoms with E-state index >= 15 is 0 Å². The maximum absolute atomic E-state index is 12.8. The van der Waals surface area contributed by atoms with Crippen LogP contribution in [-0.4, -0.2) is 46.8 Å². The Balaban J connectivity index is 1.90. The van der Waals surface area contributed by atoms with E-state index in [1.165, 1.54) is 13.2 Å². The molecule has 2 aromatic carbocycles. The van der Waals surface area contributed by atoms with Gasteiger partial charge in [0.05, 0.1) is 12.7 Å². The van der Waals surface area contributed by atoms with Gasteiger partial charge in [-0.3, -0.25) is 9.69 Å². The van der Waals surface area contributed by atoms with E-state index in [4.69, 9.17) is 9.15 Å². The zero-order valence-corrected chi connectivity index (χ0v) is 16.3. The van der Waals surface area contributed by atoms with E-state index in [1.54, 1.807) is 0 Å². The van der Waals surface area contributed by atoms with Crippen LogP contribution in [0.15, 0.2) is 45.6 Å². The number of benzene rings is 2. The van der Waals surface area contributed by atoms with Crippen LogP contribution in [0.3, 0.4) is 0 Å². The lowest BCUT2D eigenvalue weighted by molar-refractivity contribution is 0.281. The van der Waals surface area contributed by atoms with E-state index in [0.717, 1.165) is 30.2 Å². The van der Waals surface area contributed by atoms with Crippen LogP contribution in [0.5, 0.6) is 17.2 Å². The molecule has 1 aliphatic rings. The molecule has 0 spiro atoms. The van der Waals surface area contributed by atoms with Crippen LogP contribution in [0.2, 0.25) is 0 Å². The molecule has 2 heterocycles. The number of fused-ring (bicyclic) bond motifs is 1. The summed E-state index contributed by atoms with van der Waals surface area (Å²) in [7, 11) is 1.40. The van der Waals surface area contributed by atoms with Gasteiger partial charge in [-0.25, -0.2) is 0 Å². The molecule has 0 bridgehead atoms. The second-order valence-corrected chi connectivity index (χ2v) is 7.87. The molecule has 1 fully saturated rings. The van der Waals surface area contributed by atoms with Gasteiger partial charge < -0.3 is 19.4 Å². The normalized spacial score (nSPS) is 15.0. The molecule has 146 valence electrons. The molecule has 0 radical (unpaired) electrons. The average Bonchev–Trinajstić information content (AvgIpc) is 2.72. The molecule has 0 aliphatic carbocycles. The molecule has 28 heavy (non-hydrogen) atoms. The highest BCUT2D eigenvalue weighted by atomic mass is 32.2. The third-order valence-electron chi connectivity index (χ3n) is 4.93. The third kappa shape index (κ3) is 3.31. The molecule has 2 N–H and O–H groups in total. The number of ether oxygens (including phenoxy) is 1. The first-order chi connectivity index (χ1) is 13.6. The van der Waals surface area contributed by atoms with Crippen LogP contribution >= 0.6 is 11.8 Å². The van der Waals surface area contributed by atoms with Crippen molar-refractivity contribution >= 4 is 22.7 Å². The minimum atomic E-state index is -0.383. The largest absolute Gasteiger partial charge is 0.507 e. The first-order valence-electron chi connectivity index (χ1n) is 9.04. The molecular formula is C21H21NO5S. The van der Waals surface area contributed by atoms with Crippen LogP contribution in [0.25, 0.3) is 22.3 Å². The number of methoxy groups -OCH3 is 1. The third-order valence-corrected chi connectivity index (χ3v) is 5.87. The van der Waals surface area contributed by atoms with E-state index < -0.39 is 0 Å². The number of hydrogen-bond acceptors (Lipinski definition) is 7. The highest BCUT2D eigenvalue weighted by Crippen LogP contribution is 2.45. The maximum Gasteiger partial charge on any atom is 0.205 e. The summed E-state index contributed by atoms with van der Waals surface area (Å²) in [6.45, 7) is 2.04. The zero-order chi connectivity index (χ0) is 19.7. The monoisotopic (exact) mass is 399 g/mol. The minimum absolute atomic E-state index is 0.0238. The van der Waals surface area contributed by atoms with Crippen molar-refractivity contribution in [2.45, 2.75) is 6.54 Å². The van der Waals surface area contributed by atoms with E-state index in [-0.39, 0.29) is 39.2 Å². The quantitative estimate of drug-likeness (QED) is 0.695. The predicted octanol–water partition coefficient (Wildman–Crippen LogP) is 3.43. The Morgan fingerprint density at radius 3 is 2.54 bits per heavy atom. The molecular weight excluding hydrogens is 378 g/mol. The molecule has 0 amide bonds. The summed E-state index contributed by atoms with van der Waals surface area (Å²) < 4.78 is 11.3. The van der Waals surface area contributed by atoms with Crippen molar-refractivity contribution < 1.29 is 19.4 Å². The van der Waals surface area contributed by atoms with Crippen molar-refractivity contribution in [2.24, 2.45) is 0 Å². The number of phenolic OH excluding ortho intramolecular Hbond substituents is 2. The zero-order valence-electron chi connectivity index (χ0n) is 15.5. The van der Waals surface area contributed by atoms with Crippen LogP contribution in [0.1, 0.15) is 5.56 Å². The van der Waals surface area contributed by atoms with Gasteiger partial charge in [-0.1, -0.05) is 30.3 Å². The summed E-state index contributed by atoms with van der Waals surface area (Å²) >= 11 is 1.87. The van der Waals surface area contributed by atoms with Gasteiger partial charge >= 0.3 is 0 Å². The summed E-state index contributed by atoms with van der Waals surface area (Å²) in [5.41, 5.74) is 0.668. The number of rotatable bonds is 4. The van der Waals surface area contributed by atoms with Gasteiger partial charge in [0, 0.05) is 42.8 Å². The number of phenols is 2. The van der Waals surface area contributed by atoms with Crippen molar-refractivity contribution in [3.8, 4) is 28.6 Å². The Labute approximate surface area is 166 Å². The Morgan fingerprint density at radius 1 is 1.14 bits per heavy atom. The molecule has 0 saturated carbocycles. The minimum Gasteiger partial charge on any atom is -0.507 e. The Morgan fingerprint density at radius 2 is 1.86 bits per heavy atom. The topological polar surface area (TPSA) is 83.1 Å². The SMILES string of the molecule is COc1c(O)c(CN2CCSCC2)c(O)c2c(=O)cc(-c3ccccc3)oc12. The standard InChI is InChI=1S/C21H21NO5S/c1-26-21-19(25)14(12-22-7-9-28-10-8-22)18(24)17-15(23)11-16(27-20(17)21)13-5-3-2-4-6-13/h2-6,11,24-25H,7-10,12H2,1H3. The molecule has 7 heteroatoms. The summed E-state index contributed by atoms with van der Waals surface area (Å²) in [4.78, 5) is 15.0. The van der Waals surface area contributed by atoms with Gasteiger partial charge in [0.15, 0.2) is 16.8 Å². The van der Waals surface area contributed by atoms with Crippen LogP contribution < -0.4 is 10.2 Å². The first-order valence-corrected chi connectivity index (χ1v) is 10.2. The Bertz CT molecular complexity index is 1060. The van der Waals surface area contributed by atoms with Crippen molar-refractivity contribution in [1.82, 2.24) is 4.90 Å². The highest BCUT2D eigenvalue weighted by Gasteiger charge is 2.26. The van der Waals surface area contributed by atoms with Crippen molar-refractivity contribution in [3.63, 3.8) is 0 Å². The smallest absolute Gasteiger partial charge is 0.205 e. The molecule has 3 aromatic rings. The Hall–Kier alpha value is -2.64. The fourth-order valence-electron chi connectivity index (χ4n) is 3.45. The molecule has 1 saturated heterocycles.